The Morgan fingerprint density at radius 3 is 2.43 bits per heavy atom. The zero-order valence-corrected chi connectivity index (χ0v) is 17.0. The summed E-state index contributed by atoms with van der Waals surface area (Å²) in [5.74, 6) is 0.200. The Hall–Kier alpha value is -2.96. The van der Waals surface area contributed by atoms with E-state index in [1.54, 1.807) is 24.3 Å². The average Bonchev–Trinajstić information content (AvgIpc) is 3.25. The summed E-state index contributed by atoms with van der Waals surface area (Å²) in [4.78, 5) is 14.3. The van der Waals surface area contributed by atoms with Gasteiger partial charge in [-0.1, -0.05) is 29.8 Å². The highest BCUT2D eigenvalue weighted by molar-refractivity contribution is 5.92. The van der Waals surface area contributed by atoms with E-state index in [0.717, 1.165) is 44.0 Å². The Balaban J connectivity index is 1.50. The standard InChI is InChI=1S/C24H25FN2O3/c1-17-2-4-18(5-3-17)21(16-27-12-14-29-15-13-27)26-24(28)23-11-10-22(30-23)19-6-8-20(25)9-7-19/h2-11,21H,12-16H2,1H3,(H,26,28)/p+1/t21-/m1/s1. The van der Waals surface area contributed by atoms with Crippen LogP contribution in [0.1, 0.15) is 27.7 Å². The molecule has 0 radical (unpaired) electrons. The van der Waals surface area contributed by atoms with Gasteiger partial charge in [-0.25, -0.2) is 4.39 Å². The van der Waals surface area contributed by atoms with Gasteiger partial charge in [0.15, 0.2) is 5.76 Å². The van der Waals surface area contributed by atoms with Crippen molar-refractivity contribution in [3.8, 4) is 11.3 Å². The van der Waals surface area contributed by atoms with E-state index in [4.69, 9.17) is 9.15 Å². The number of rotatable bonds is 6. The fourth-order valence-corrected chi connectivity index (χ4v) is 3.66. The summed E-state index contributed by atoms with van der Waals surface area (Å²) >= 11 is 0. The molecule has 1 saturated heterocycles. The van der Waals surface area contributed by atoms with E-state index in [0.29, 0.717) is 5.76 Å². The summed E-state index contributed by atoms with van der Waals surface area (Å²) in [7, 11) is 0. The van der Waals surface area contributed by atoms with E-state index in [1.165, 1.54) is 22.6 Å². The normalized spacial score (nSPS) is 15.7. The number of halogens is 1. The first kappa shape index (κ1) is 20.3. The van der Waals surface area contributed by atoms with Crippen molar-refractivity contribution in [1.82, 2.24) is 5.32 Å². The van der Waals surface area contributed by atoms with Crippen LogP contribution in [0.5, 0.6) is 0 Å². The molecule has 1 aliphatic heterocycles. The number of aryl methyl sites for hydroxylation is 1. The van der Waals surface area contributed by atoms with Gasteiger partial charge in [-0.05, 0) is 48.9 Å². The minimum atomic E-state index is -0.310. The Morgan fingerprint density at radius 2 is 1.73 bits per heavy atom. The molecule has 1 fully saturated rings. The van der Waals surface area contributed by atoms with E-state index in [1.807, 2.05) is 6.92 Å². The molecule has 3 aromatic rings. The van der Waals surface area contributed by atoms with Crippen LogP contribution >= 0.6 is 0 Å². The molecule has 1 aromatic heterocycles. The maximum absolute atomic E-state index is 13.2. The first-order chi connectivity index (χ1) is 14.6. The minimum absolute atomic E-state index is 0.134. The number of carbonyl (C=O) groups is 1. The Labute approximate surface area is 175 Å². The fraction of sp³-hybridized carbons (Fsp3) is 0.292. The predicted molar refractivity (Wildman–Crippen MR) is 112 cm³/mol. The lowest BCUT2D eigenvalue weighted by Gasteiger charge is -2.28. The first-order valence-electron chi connectivity index (χ1n) is 10.2. The molecule has 0 spiro atoms. The van der Waals surface area contributed by atoms with Crippen molar-refractivity contribution in [3.05, 3.63) is 83.4 Å². The number of benzene rings is 2. The van der Waals surface area contributed by atoms with Gasteiger partial charge < -0.3 is 19.4 Å². The Morgan fingerprint density at radius 1 is 1.03 bits per heavy atom. The third-order valence-corrected chi connectivity index (χ3v) is 5.44. The van der Waals surface area contributed by atoms with E-state index in [-0.39, 0.29) is 23.5 Å². The van der Waals surface area contributed by atoms with Crippen molar-refractivity contribution < 1.29 is 23.2 Å². The molecule has 30 heavy (non-hydrogen) atoms. The molecule has 2 N–H and O–H groups in total. The first-order valence-corrected chi connectivity index (χ1v) is 10.2. The molecule has 1 atom stereocenters. The summed E-state index contributed by atoms with van der Waals surface area (Å²) < 4.78 is 24.4. The van der Waals surface area contributed by atoms with E-state index < -0.39 is 0 Å². The fourth-order valence-electron chi connectivity index (χ4n) is 3.66. The quantitative estimate of drug-likeness (QED) is 0.658. The van der Waals surface area contributed by atoms with Crippen LogP contribution in [-0.4, -0.2) is 38.8 Å². The van der Waals surface area contributed by atoms with Gasteiger partial charge >= 0.3 is 0 Å². The second-order valence-corrected chi connectivity index (χ2v) is 7.67. The van der Waals surface area contributed by atoms with Gasteiger partial charge in [-0.15, -0.1) is 0 Å². The maximum atomic E-state index is 13.2. The van der Waals surface area contributed by atoms with Crippen LogP contribution in [0, 0.1) is 12.7 Å². The van der Waals surface area contributed by atoms with Crippen molar-refractivity contribution >= 4 is 5.91 Å². The van der Waals surface area contributed by atoms with Crippen molar-refractivity contribution in [2.24, 2.45) is 0 Å². The topological polar surface area (TPSA) is 55.9 Å². The number of nitrogens with one attached hydrogen (secondary N) is 2. The summed E-state index contributed by atoms with van der Waals surface area (Å²) in [6.45, 7) is 6.15. The molecule has 5 nitrogen and oxygen atoms in total. The van der Waals surface area contributed by atoms with E-state index >= 15 is 0 Å². The van der Waals surface area contributed by atoms with E-state index in [9.17, 15) is 9.18 Å². The molecule has 0 unspecified atom stereocenters. The van der Waals surface area contributed by atoms with E-state index in [2.05, 4.69) is 29.6 Å². The third kappa shape index (κ3) is 4.96. The van der Waals surface area contributed by atoms with Crippen molar-refractivity contribution in [1.29, 1.82) is 0 Å². The second kappa shape index (κ2) is 9.24. The number of hydrogen-bond acceptors (Lipinski definition) is 3. The molecule has 156 valence electrons. The lowest BCUT2D eigenvalue weighted by atomic mass is 10.0. The summed E-state index contributed by atoms with van der Waals surface area (Å²) in [6.07, 6.45) is 0. The van der Waals surface area contributed by atoms with Gasteiger partial charge in [0.25, 0.3) is 5.91 Å². The summed E-state index contributed by atoms with van der Waals surface area (Å²) in [5, 5.41) is 3.14. The van der Waals surface area contributed by atoms with Gasteiger partial charge in [0.1, 0.15) is 37.3 Å². The predicted octanol–water partition coefficient (Wildman–Crippen LogP) is 2.78. The van der Waals surface area contributed by atoms with Crippen LogP contribution < -0.4 is 10.2 Å². The number of amides is 1. The van der Waals surface area contributed by atoms with Gasteiger partial charge in [0.05, 0.1) is 13.2 Å². The molecule has 1 aliphatic rings. The zero-order chi connectivity index (χ0) is 20.9. The van der Waals surface area contributed by atoms with Gasteiger partial charge in [-0.3, -0.25) is 4.79 Å². The molecule has 0 aliphatic carbocycles. The highest BCUT2D eigenvalue weighted by atomic mass is 19.1. The molecular weight excluding hydrogens is 383 g/mol. The Kier molecular flexibility index (Phi) is 6.26. The molecule has 6 heteroatoms. The molecule has 0 bridgehead atoms. The van der Waals surface area contributed by atoms with Crippen LogP contribution in [0.25, 0.3) is 11.3 Å². The number of morpholine rings is 1. The van der Waals surface area contributed by atoms with Crippen molar-refractivity contribution in [3.63, 3.8) is 0 Å². The number of ether oxygens (including phenoxy) is 1. The molecule has 2 heterocycles. The molecular formula is C24H26FN2O3+. The van der Waals surface area contributed by atoms with Crippen LogP contribution in [0.15, 0.2) is 65.1 Å². The second-order valence-electron chi connectivity index (χ2n) is 7.67. The lowest BCUT2D eigenvalue weighted by molar-refractivity contribution is -0.909. The average molecular weight is 409 g/mol. The molecule has 0 saturated carbocycles. The van der Waals surface area contributed by atoms with Crippen LogP contribution in [-0.2, 0) is 4.74 Å². The number of carbonyl (C=O) groups excluding carboxylic acids is 1. The maximum Gasteiger partial charge on any atom is 0.287 e. The lowest BCUT2D eigenvalue weighted by Crippen LogP contribution is -3.14. The smallest absolute Gasteiger partial charge is 0.287 e. The largest absolute Gasteiger partial charge is 0.451 e. The van der Waals surface area contributed by atoms with Crippen molar-refractivity contribution in [2.75, 3.05) is 32.8 Å². The van der Waals surface area contributed by atoms with Gasteiger partial charge in [0, 0.05) is 5.56 Å². The van der Waals surface area contributed by atoms with Crippen LogP contribution in [0.3, 0.4) is 0 Å². The van der Waals surface area contributed by atoms with Gasteiger partial charge in [-0.2, -0.15) is 0 Å². The van der Waals surface area contributed by atoms with Crippen LogP contribution in [0.4, 0.5) is 4.39 Å². The monoisotopic (exact) mass is 409 g/mol. The molecule has 4 rings (SSSR count). The highest BCUT2D eigenvalue weighted by Gasteiger charge is 2.24. The highest BCUT2D eigenvalue weighted by Crippen LogP contribution is 2.23. The zero-order valence-electron chi connectivity index (χ0n) is 17.0. The minimum Gasteiger partial charge on any atom is -0.451 e. The number of furan rings is 1. The molecule has 1 amide bonds. The Bertz CT molecular complexity index is 976. The summed E-state index contributed by atoms with van der Waals surface area (Å²) in [6, 6.07) is 17.5. The number of hydrogen-bond donors (Lipinski definition) is 2. The number of quaternary nitrogens is 1. The summed E-state index contributed by atoms with van der Waals surface area (Å²) in [5.41, 5.74) is 2.97. The van der Waals surface area contributed by atoms with Crippen LogP contribution in [0.2, 0.25) is 0 Å². The van der Waals surface area contributed by atoms with Crippen molar-refractivity contribution in [2.45, 2.75) is 13.0 Å². The van der Waals surface area contributed by atoms with Gasteiger partial charge in [0.2, 0.25) is 0 Å². The molecule has 2 aromatic carbocycles. The SMILES string of the molecule is Cc1ccc([C@@H](C[NH+]2CCOCC2)NC(=O)c2ccc(-c3ccc(F)cc3)o2)cc1. The third-order valence-electron chi connectivity index (χ3n) is 5.44.